The highest BCUT2D eigenvalue weighted by atomic mass is 127. The molecule has 4 nitrogen and oxygen atoms in total. The van der Waals surface area contributed by atoms with Gasteiger partial charge in [0.2, 0.25) is 0 Å². The van der Waals surface area contributed by atoms with Crippen LogP contribution in [0.5, 0.6) is 0 Å². The predicted octanol–water partition coefficient (Wildman–Crippen LogP) is 3.31. The Morgan fingerprint density at radius 2 is 1.86 bits per heavy atom. The summed E-state index contributed by atoms with van der Waals surface area (Å²) in [6, 6.07) is 0.249. The average molecular weight is 421 g/mol. The molecule has 1 unspecified atom stereocenters. The van der Waals surface area contributed by atoms with E-state index in [1.807, 2.05) is 0 Å². The van der Waals surface area contributed by atoms with Crippen molar-refractivity contribution in [3.8, 4) is 0 Å². The predicted molar refractivity (Wildman–Crippen MR) is 93.8 cm³/mol. The summed E-state index contributed by atoms with van der Waals surface area (Å²) in [5.41, 5.74) is 1.18. The minimum Gasteiger partial charge on any atom is -0.303 e. The summed E-state index contributed by atoms with van der Waals surface area (Å²) in [5.74, 6) is 1.47. The zero-order valence-corrected chi connectivity index (χ0v) is 15.6. The van der Waals surface area contributed by atoms with Crippen LogP contribution in [0.25, 0.3) is 0 Å². The molecule has 0 radical (unpaired) electrons. The van der Waals surface area contributed by atoms with Crippen LogP contribution in [0.3, 0.4) is 0 Å². The molecule has 1 atom stereocenters. The smallest absolute Gasteiger partial charge is 0.148 e. The van der Waals surface area contributed by atoms with Crippen LogP contribution < -0.4 is 0 Å². The third kappa shape index (κ3) is 3.35. The van der Waals surface area contributed by atoms with Crippen molar-refractivity contribution >= 4 is 34.2 Å². The van der Waals surface area contributed by atoms with E-state index in [1.54, 1.807) is 0 Å². The molecule has 2 heterocycles. The molecular formula is C15H22ClIN4. The normalized spacial score (nSPS) is 25.6. The number of rotatable bonds is 2. The van der Waals surface area contributed by atoms with E-state index in [0.29, 0.717) is 11.1 Å². The van der Waals surface area contributed by atoms with Crippen molar-refractivity contribution < 1.29 is 0 Å². The van der Waals surface area contributed by atoms with Gasteiger partial charge in [0.1, 0.15) is 11.0 Å². The van der Waals surface area contributed by atoms with Crippen LogP contribution in [-0.4, -0.2) is 53.5 Å². The van der Waals surface area contributed by atoms with E-state index >= 15 is 0 Å². The highest BCUT2D eigenvalue weighted by molar-refractivity contribution is 14.1. The van der Waals surface area contributed by atoms with Gasteiger partial charge in [0, 0.05) is 25.6 Å². The zero-order valence-electron chi connectivity index (χ0n) is 12.6. The molecular weight excluding hydrogens is 399 g/mol. The lowest BCUT2D eigenvalue weighted by atomic mass is 10.0. The summed E-state index contributed by atoms with van der Waals surface area (Å²) >= 11 is 8.72. The van der Waals surface area contributed by atoms with E-state index in [2.05, 4.69) is 51.5 Å². The summed E-state index contributed by atoms with van der Waals surface area (Å²) in [7, 11) is 4.31. The van der Waals surface area contributed by atoms with Crippen LogP contribution in [0.2, 0.25) is 5.15 Å². The largest absolute Gasteiger partial charge is 0.303 e. The lowest BCUT2D eigenvalue weighted by Gasteiger charge is -2.37. The lowest BCUT2D eigenvalue weighted by molar-refractivity contribution is 0.109. The fourth-order valence-electron chi connectivity index (χ4n) is 3.36. The molecule has 2 aliphatic rings. The SMILES string of the molecule is CN1CCN(C)C(c2nc(Cl)c(I)c(C3CCCC3)n2)C1. The van der Waals surface area contributed by atoms with Gasteiger partial charge in [-0.25, -0.2) is 9.97 Å². The summed E-state index contributed by atoms with van der Waals surface area (Å²) in [6.07, 6.45) is 5.10. The maximum absolute atomic E-state index is 6.41. The van der Waals surface area contributed by atoms with Gasteiger partial charge >= 0.3 is 0 Å². The lowest BCUT2D eigenvalue weighted by Crippen LogP contribution is -2.45. The average Bonchev–Trinajstić information content (AvgIpc) is 2.98. The molecule has 0 bridgehead atoms. The Morgan fingerprint density at radius 1 is 1.14 bits per heavy atom. The highest BCUT2D eigenvalue weighted by Crippen LogP contribution is 2.37. The second kappa shape index (κ2) is 6.64. The maximum atomic E-state index is 6.41. The zero-order chi connectivity index (χ0) is 15.0. The molecule has 1 saturated carbocycles. The number of halogens is 2. The Labute approximate surface area is 145 Å². The van der Waals surface area contributed by atoms with E-state index in [1.165, 1.54) is 31.4 Å². The second-order valence-electron chi connectivity index (χ2n) is 6.31. The molecule has 1 aromatic heterocycles. The van der Waals surface area contributed by atoms with Crippen LogP contribution in [0, 0.1) is 3.57 Å². The van der Waals surface area contributed by atoms with Crippen molar-refractivity contribution in [3.63, 3.8) is 0 Å². The van der Waals surface area contributed by atoms with Gasteiger partial charge in [0.15, 0.2) is 0 Å². The number of nitrogens with zero attached hydrogens (tertiary/aromatic N) is 4. The van der Waals surface area contributed by atoms with Gasteiger partial charge in [-0.2, -0.15) is 0 Å². The van der Waals surface area contributed by atoms with E-state index in [-0.39, 0.29) is 6.04 Å². The van der Waals surface area contributed by atoms with Gasteiger partial charge in [-0.15, -0.1) is 0 Å². The summed E-state index contributed by atoms with van der Waals surface area (Å²) in [5, 5.41) is 0.629. The van der Waals surface area contributed by atoms with E-state index in [4.69, 9.17) is 16.6 Å². The van der Waals surface area contributed by atoms with Crippen molar-refractivity contribution in [2.24, 2.45) is 0 Å². The number of hydrogen-bond acceptors (Lipinski definition) is 4. The molecule has 0 N–H and O–H groups in total. The Morgan fingerprint density at radius 3 is 2.57 bits per heavy atom. The van der Waals surface area contributed by atoms with Crippen molar-refractivity contribution in [1.82, 2.24) is 19.8 Å². The molecule has 1 saturated heterocycles. The number of hydrogen-bond donors (Lipinski definition) is 0. The quantitative estimate of drug-likeness (QED) is 0.543. The summed E-state index contributed by atoms with van der Waals surface area (Å²) in [6.45, 7) is 3.12. The molecule has 21 heavy (non-hydrogen) atoms. The molecule has 1 aromatic rings. The molecule has 0 spiro atoms. The topological polar surface area (TPSA) is 32.3 Å². The van der Waals surface area contributed by atoms with Gasteiger partial charge in [0.05, 0.1) is 15.3 Å². The van der Waals surface area contributed by atoms with Gasteiger partial charge < -0.3 is 4.90 Å². The van der Waals surface area contributed by atoms with Crippen LogP contribution in [0.4, 0.5) is 0 Å². The number of piperazine rings is 1. The van der Waals surface area contributed by atoms with Crippen LogP contribution in [-0.2, 0) is 0 Å². The van der Waals surface area contributed by atoms with E-state index in [9.17, 15) is 0 Å². The maximum Gasteiger partial charge on any atom is 0.148 e. The Hall–Kier alpha value is 0.0200. The molecule has 0 amide bonds. The second-order valence-corrected chi connectivity index (χ2v) is 7.75. The Bertz CT molecular complexity index is 519. The van der Waals surface area contributed by atoms with Crippen molar-refractivity contribution in [2.45, 2.75) is 37.6 Å². The van der Waals surface area contributed by atoms with Gasteiger partial charge in [-0.3, -0.25) is 4.90 Å². The first-order valence-corrected chi connectivity index (χ1v) is 9.13. The molecule has 0 aromatic carbocycles. The minimum atomic E-state index is 0.249. The third-order valence-corrected chi connectivity index (χ3v) is 6.40. The first-order valence-electron chi connectivity index (χ1n) is 7.68. The molecule has 1 aliphatic heterocycles. The van der Waals surface area contributed by atoms with Gasteiger partial charge in [0.25, 0.3) is 0 Å². The van der Waals surface area contributed by atoms with Crippen LogP contribution in [0.15, 0.2) is 0 Å². The fraction of sp³-hybridized carbons (Fsp3) is 0.733. The summed E-state index contributed by atoms with van der Waals surface area (Å²) < 4.78 is 1.05. The number of likely N-dealkylation sites (N-methyl/N-ethyl adjacent to an activating group) is 2. The Balaban J connectivity index is 1.94. The summed E-state index contributed by atoms with van der Waals surface area (Å²) in [4.78, 5) is 14.2. The van der Waals surface area contributed by atoms with E-state index in [0.717, 1.165) is 29.0 Å². The monoisotopic (exact) mass is 420 g/mol. The highest BCUT2D eigenvalue weighted by Gasteiger charge is 2.29. The minimum absolute atomic E-state index is 0.249. The van der Waals surface area contributed by atoms with E-state index < -0.39 is 0 Å². The fourth-order valence-corrected chi connectivity index (χ4v) is 4.23. The number of aromatic nitrogens is 2. The van der Waals surface area contributed by atoms with Crippen LogP contribution >= 0.6 is 34.2 Å². The van der Waals surface area contributed by atoms with Gasteiger partial charge in [-0.05, 0) is 49.5 Å². The van der Waals surface area contributed by atoms with Gasteiger partial charge in [-0.1, -0.05) is 24.4 Å². The van der Waals surface area contributed by atoms with Crippen molar-refractivity contribution in [1.29, 1.82) is 0 Å². The molecule has 1 aliphatic carbocycles. The molecule has 116 valence electrons. The standard InChI is InChI=1S/C15H22ClIN4/c1-20-7-8-21(2)11(9-20)15-18-13(10-5-3-4-6-10)12(17)14(16)19-15/h10-11H,3-9H2,1-2H3. The first kappa shape index (κ1) is 15.9. The third-order valence-electron chi connectivity index (χ3n) is 4.74. The molecule has 3 rings (SSSR count). The first-order chi connectivity index (χ1) is 10.1. The van der Waals surface area contributed by atoms with Crippen LogP contribution in [0.1, 0.15) is 49.2 Å². The molecule has 6 heteroatoms. The van der Waals surface area contributed by atoms with Crippen molar-refractivity contribution in [3.05, 3.63) is 20.2 Å². The van der Waals surface area contributed by atoms with Crippen molar-refractivity contribution in [2.75, 3.05) is 33.7 Å². The Kier molecular flexibility index (Phi) is 5.03. The molecule has 2 fully saturated rings.